The Morgan fingerprint density at radius 3 is 2.50 bits per heavy atom. The Morgan fingerprint density at radius 1 is 1.31 bits per heavy atom. The number of morpholine rings is 1. The van der Waals surface area contributed by atoms with Crippen molar-refractivity contribution in [2.24, 2.45) is 5.92 Å². The van der Waals surface area contributed by atoms with Gasteiger partial charge in [0, 0.05) is 6.54 Å². The highest BCUT2D eigenvalue weighted by Gasteiger charge is 2.25. The molecule has 2 amide bonds. The van der Waals surface area contributed by atoms with Gasteiger partial charge in [-0.2, -0.15) is 0 Å². The molecule has 16 heavy (non-hydrogen) atoms. The lowest BCUT2D eigenvalue weighted by atomic mass is 10.2. The second-order valence-electron chi connectivity index (χ2n) is 4.38. The summed E-state index contributed by atoms with van der Waals surface area (Å²) in [4.78, 5) is 24.0. The number of nitrogens with zero attached hydrogens (tertiary/aromatic N) is 1. The van der Waals surface area contributed by atoms with Crippen LogP contribution < -0.4 is 5.32 Å². The SMILES string of the molecule is CC(C)CNCCCN1C(=O)COCC1=O. The molecule has 92 valence electrons. The van der Waals surface area contributed by atoms with Crippen LogP contribution in [0.1, 0.15) is 20.3 Å². The van der Waals surface area contributed by atoms with Gasteiger partial charge in [0.25, 0.3) is 11.8 Å². The van der Waals surface area contributed by atoms with Crippen molar-refractivity contribution < 1.29 is 14.3 Å². The zero-order valence-corrected chi connectivity index (χ0v) is 9.99. The second kappa shape index (κ2) is 6.60. The molecule has 1 rings (SSSR count). The number of carbonyl (C=O) groups is 2. The van der Waals surface area contributed by atoms with Crippen LogP contribution in [0.4, 0.5) is 0 Å². The van der Waals surface area contributed by atoms with E-state index in [4.69, 9.17) is 4.74 Å². The second-order valence-corrected chi connectivity index (χ2v) is 4.38. The van der Waals surface area contributed by atoms with Crippen molar-refractivity contribution in [3.05, 3.63) is 0 Å². The van der Waals surface area contributed by atoms with E-state index in [1.54, 1.807) is 0 Å². The lowest BCUT2D eigenvalue weighted by Crippen LogP contribution is -2.47. The maximum Gasteiger partial charge on any atom is 0.255 e. The van der Waals surface area contributed by atoms with Crippen molar-refractivity contribution in [2.75, 3.05) is 32.8 Å². The van der Waals surface area contributed by atoms with Crippen LogP contribution in [0.5, 0.6) is 0 Å². The standard InChI is InChI=1S/C11H20N2O3/c1-9(2)6-12-4-3-5-13-10(14)7-16-8-11(13)15/h9,12H,3-8H2,1-2H3. The smallest absolute Gasteiger partial charge is 0.255 e. The predicted octanol–water partition coefficient (Wildman–Crippen LogP) is 0.00750. The molecule has 5 heteroatoms. The van der Waals surface area contributed by atoms with Crippen LogP contribution in [-0.4, -0.2) is 49.6 Å². The molecule has 1 N–H and O–H groups in total. The quantitative estimate of drug-likeness (QED) is 0.514. The molecule has 0 bridgehead atoms. The van der Waals surface area contributed by atoms with Crippen LogP contribution in [0.15, 0.2) is 0 Å². The summed E-state index contributed by atoms with van der Waals surface area (Å²) in [5.74, 6) is 0.173. The van der Waals surface area contributed by atoms with E-state index in [0.717, 1.165) is 19.5 Å². The van der Waals surface area contributed by atoms with Crippen LogP contribution >= 0.6 is 0 Å². The molecule has 0 aliphatic carbocycles. The van der Waals surface area contributed by atoms with Gasteiger partial charge in [0.2, 0.25) is 0 Å². The summed E-state index contributed by atoms with van der Waals surface area (Å²) in [7, 11) is 0. The Bertz CT molecular complexity index is 238. The fraction of sp³-hybridized carbons (Fsp3) is 0.818. The lowest BCUT2D eigenvalue weighted by molar-refractivity contribution is -0.158. The lowest BCUT2D eigenvalue weighted by Gasteiger charge is -2.24. The van der Waals surface area contributed by atoms with Crippen LogP contribution in [0.25, 0.3) is 0 Å². The summed E-state index contributed by atoms with van der Waals surface area (Å²) in [5, 5.41) is 3.27. The topological polar surface area (TPSA) is 58.6 Å². The van der Waals surface area contributed by atoms with Crippen molar-refractivity contribution in [3.63, 3.8) is 0 Å². The minimum Gasteiger partial charge on any atom is -0.362 e. The first kappa shape index (κ1) is 13.1. The third-order valence-corrected chi connectivity index (χ3v) is 2.34. The third-order valence-electron chi connectivity index (χ3n) is 2.34. The first-order chi connectivity index (χ1) is 7.61. The van der Waals surface area contributed by atoms with Gasteiger partial charge in [-0.05, 0) is 25.4 Å². The number of amides is 2. The molecule has 1 fully saturated rings. The van der Waals surface area contributed by atoms with Gasteiger partial charge >= 0.3 is 0 Å². The van der Waals surface area contributed by atoms with Gasteiger partial charge in [-0.15, -0.1) is 0 Å². The van der Waals surface area contributed by atoms with Crippen LogP contribution in [0.3, 0.4) is 0 Å². The molecule has 1 aliphatic rings. The highest BCUT2D eigenvalue weighted by atomic mass is 16.5. The van der Waals surface area contributed by atoms with Crippen molar-refractivity contribution in [2.45, 2.75) is 20.3 Å². The summed E-state index contributed by atoms with van der Waals surface area (Å²) >= 11 is 0. The molecule has 0 aromatic carbocycles. The summed E-state index contributed by atoms with van der Waals surface area (Å²) in [5.41, 5.74) is 0. The highest BCUT2D eigenvalue weighted by molar-refractivity contribution is 5.98. The Morgan fingerprint density at radius 2 is 1.94 bits per heavy atom. The average molecular weight is 228 g/mol. The highest BCUT2D eigenvalue weighted by Crippen LogP contribution is 2.01. The van der Waals surface area contributed by atoms with Crippen molar-refractivity contribution >= 4 is 11.8 Å². The normalized spacial score (nSPS) is 17.3. The number of ether oxygens (including phenoxy) is 1. The monoisotopic (exact) mass is 228 g/mol. The molecule has 0 atom stereocenters. The molecule has 0 radical (unpaired) electrons. The van der Waals surface area contributed by atoms with Crippen LogP contribution in [0.2, 0.25) is 0 Å². The first-order valence-electron chi connectivity index (χ1n) is 5.73. The first-order valence-corrected chi connectivity index (χ1v) is 5.73. The molecule has 1 heterocycles. The molecule has 1 aliphatic heterocycles. The Kier molecular flexibility index (Phi) is 5.42. The van der Waals surface area contributed by atoms with Crippen molar-refractivity contribution in [3.8, 4) is 0 Å². The van der Waals surface area contributed by atoms with Crippen molar-refractivity contribution in [1.29, 1.82) is 0 Å². The summed E-state index contributed by atoms with van der Waals surface area (Å²) in [6, 6.07) is 0. The number of carbonyl (C=O) groups excluding carboxylic acids is 2. The molecule has 0 aromatic rings. The molecular weight excluding hydrogens is 208 g/mol. The molecule has 5 nitrogen and oxygen atoms in total. The average Bonchev–Trinajstić information content (AvgIpc) is 2.21. The van der Waals surface area contributed by atoms with Gasteiger partial charge in [0.1, 0.15) is 13.2 Å². The zero-order valence-electron chi connectivity index (χ0n) is 9.99. The van der Waals surface area contributed by atoms with Gasteiger partial charge < -0.3 is 10.1 Å². The van der Waals surface area contributed by atoms with E-state index in [0.29, 0.717) is 12.5 Å². The number of hydrogen-bond acceptors (Lipinski definition) is 4. The summed E-state index contributed by atoms with van der Waals surface area (Å²) < 4.78 is 4.83. The summed E-state index contributed by atoms with van der Waals surface area (Å²) in [6.45, 7) is 6.63. The molecule has 0 aromatic heterocycles. The van der Waals surface area contributed by atoms with E-state index in [-0.39, 0.29) is 25.0 Å². The Hall–Kier alpha value is -0.940. The van der Waals surface area contributed by atoms with Crippen LogP contribution in [0, 0.1) is 5.92 Å². The van der Waals surface area contributed by atoms with E-state index in [1.165, 1.54) is 4.90 Å². The molecule has 0 saturated carbocycles. The maximum atomic E-state index is 11.3. The van der Waals surface area contributed by atoms with Crippen molar-refractivity contribution in [1.82, 2.24) is 10.2 Å². The van der Waals surface area contributed by atoms with E-state index in [1.807, 2.05) is 0 Å². The number of hydrogen-bond donors (Lipinski definition) is 1. The largest absolute Gasteiger partial charge is 0.362 e. The molecular formula is C11H20N2O3. The minimum absolute atomic E-state index is 0.0329. The maximum absolute atomic E-state index is 11.3. The van der Waals surface area contributed by atoms with Gasteiger partial charge in [-0.25, -0.2) is 0 Å². The Labute approximate surface area is 96.1 Å². The van der Waals surface area contributed by atoms with Gasteiger partial charge in [0.15, 0.2) is 0 Å². The number of imide groups is 1. The number of nitrogens with one attached hydrogen (secondary N) is 1. The molecule has 0 spiro atoms. The van der Waals surface area contributed by atoms with E-state index in [2.05, 4.69) is 19.2 Å². The van der Waals surface area contributed by atoms with E-state index in [9.17, 15) is 9.59 Å². The molecule has 0 unspecified atom stereocenters. The Balaban J connectivity index is 2.16. The fourth-order valence-electron chi connectivity index (χ4n) is 1.52. The van der Waals surface area contributed by atoms with Gasteiger partial charge in [-0.3, -0.25) is 14.5 Å². The van der Waals surface area contributed by atoms with E-state index >= 15 is 0 Å². The summed E-state index contributed by atoms with van der Waals surface area (Å²) in [6.07, 6.45) is 0.796. The van der Waals surface area contributed by atoms with Gasteiger partial charge in [-0.1, -0.05) is 13.8 Å². The molecule has 1 saturated heterocycles. The third kappa shape index (κ3) is 4.28. The fourth-order valence-corrected chi connectivity index (χ4v) is 1.52. The van der Waals surface area contributed by atoms with Gasteiger partial charge in [0.05, 0.1) is 0 Å². The minimum atomic E-state index is -0.222. The zero-order chi connectivity index (χ0) is 12.0. The van der Waals surface area contributed by atoms with E-state index < -0.39 is 0 Å². The van der Waals surface area contributed by atoms with Crippen LogP contribution in [-0.2, 0) is 14.3 Å². The predicted molar refractivity (Wildman–Crippen MR) is 59.9 cm³/mol. The number of rotatable bonds is 6.